The lowest BCUT2D eigenvalue weighted by atomic mass is 10.2. The molecule has 1 aromatic rings. The first-order valence-corrected chi connectivity index (χ1v) is 6.99. The van der Waals surface area contributed by atoms with E-state index in [-0.39, 0.29) is 13.2 Å². The van der Waals surface area contributed by atoms with Crippen LogP contribution in [0.15, 0.2) is 18.2 Å². The summed E-state index contributed by atoms with van der Waals surface area (Å²) < 4.78 is 10.8. The van der Waals surface area contributed by atoms with Crippen LogP contribution in [0, 0.1) is 0 Å². The van der Waals surface area contributed by atoms with Crippen LogP contribution in [-0.4, -0.2) is 42.5 Å². The van der Waals surface area contributed by atoms with Gasteiger partial charge in [0.1, 0.15) is 6.04 Å². The van der Waals surface area contributed by atoms with Gasteiger partial charge in [0.05, 0.1) is 20.3 Å². The predicted molar refractivity (Wildman–Crippen MR) is 78.7 cm³/mol. The van der Waals surface area contributed by atoms with Crippen LogP contribution in [0.3, 0.4) is 0 Å². The van der Waals surface area contributed by atoms with Gasteiger partial charge in [-0.15, -0.1) is 0 Å². The Balaban J connectivity index is 2.56. The average Bonchev–Trinajstić information content (AvgIpc) is 2.50. The number of methoxy groups -OCH3 is 1. The Morgan fingerprint density at radius 2 is 2.14 bits per heavy atom. The number of nitrogens with one attached hydrogen (secondary N) is 1. The molecular weight excluding hydrogens is 274 g/mol. The number of ether oxygens (including phenoxy) is 2. The highest BCUT2D eigenvalue weighted by Gasteiger charge is 2.16. The first-order chi connectivity index (χ1) is 10.1. The molecule has 0 heterocycles. The molecular formula is C15H23NO5. The molecule has 0 radical (unpaired) electrons. The Morgan fingerprint density at radius 3 is 2.71 bits per heavy atom. The summed E-state index contributed by atoms with van der Waals surface area (Å²) in [5.41, 5.74) is 0.729. The number of carboxylic acids is 1. The van der Waals surface area contributed by atoms with E-state index in [0.717, 1.165) is 12.0 Å². The fraction of sp³-hybridized carbons (Fsp3) is 0.533. The van der Waals surface area contributed by atoms with Crippen LogP contribution >= 0.6 is 0 Å². The lowest BCUT2D eigenvalue weighted by Gasteiger charge is -2.15. The van der Waals surface area contributed by atoms with E-state index < -0.39 is 12.0 Å². The fourth-order valence-electron chi connectivity index (χ4n) is 1.85. The monoisotopic (exact) mass is 297 g/mol. The second kappa shape index (κ2) is 9.20. The number of hydrogen-bond donors (Lipinski definition) is 3. The molecule has 21 heavy (non-hydrogen) atoms. The van der Waals surface area contributed by atoms with Gasteiger partial charge in [0.15, 0.2) is 11.5 Å². The van der Waals surface area contributed by atoms with Gasteiger partial charge in [0.2, 0.25) is 0 Å². The van der Waals surface area contributed by atoms with E-state index in [1.165, 1.54) is 7.11 Å². The number of aliphatic carboxylic acids is 1. The molecule has 0 aliphatic heterocycles. The fourth-order valence-corrected chi connectivity index (χ4v) is 1.85. The molecule has 0 aliphatic carbocycles. The molecule has 0 saturated heterocycles. The van der Waals surface area contributed by atoms with Crippen molar-refractivity contribution < 1.29 is 24.5 Å². The highest BCUT2D eigenvalue weighted by molar-refractivity contribution is 5.73. The molecule has 0 aliphatic rings. The van der Waals surface area contributed by atoms with Gasteiger partial charge >= 0.3 is 5.97 Å². The lowest BCUT2D eigenvalue weighted by Crippen LogP contribution is -2.38. The molecule has 0 bridgehead atoms. The number of rotatable bonds is 10. The molecule has 0 spiro atoms. The molecule has 1 unspecified atom stereocenters. The maximum atomic E-state index is 11.1. The van der Waals surface area contributed by atoms with Gasteiger partial charge in [0, 0.05) is 6.42 Å². The van der Waals surface area contributed by atoms with Crippen molar-refractivity contribution in [3.05, 3.63) is 23.8 Å². The van der Waals surface area contributed by atoms with Crippen molar-refractivity contribution in [3.63, 3.8) is 0 Å². The minimum absolute atomic E-state index is 0.0708. The van der Waals surface area contributed by atoms with Crippen LogP contribution in [0.2, 0.25) is 0 Å². The van der Waals surface area contributed by atoms with Gasteiger partial charge in [-0.2, -0.15) is 0 Å². The van der Waals surface area contributed by atoms with E-state index in [9.17, 15) is 4.79 Å². The summed E-state index contributed by atoms with van der Waals surface area (Å²) in [5.74, 6) is 0.180. The number of carbonyl (C=O) groups is 1. The summed E-state index contributed by atoms with van der Waals surface area (Å²) in [7, 11) is 1.52. The van der Waals surface area contributed by atoms with Gasteiger partial charge in [-0.05, 0) is 30.7 Å². The molecule has 1 aromatic carbocycles. The molecule has 118 valence electrons. The maximum absolute atomic E-state index is 11.1. The summed E-state index contributed by atoms with van der Waals surface area (Å²) in [4.78, 5) is 11.1. The SMILES string of the molecule is CCCNC(CCOc1ccc(CO)cc1OC)C(=O)O. The minimum atomic E-state index is -0.880. The van der Waals surface area contributed by atoms with Gasteiger partial charge in [0.25, 0.3) is 0 Å². The normalized spacial score (nSPS) is 12.0. The van der Waals surface area contributed by atoms with Crippen LogP contribution in [0.5, 0.6) is 11.5 Å². The first-order valence-electron chi connectivity index (χ1n) is 6.99. The summed E-state index contributed by atoms with van der Waals surface area (Å²) in [6.45, 7) is 2.84. The van der Waals surface area contributed by atoms with Crippen molar-refractivity contribution in [1.82, 2.24) is 5.32 Å². The molecule has 0 saturated carbocycles. The van der Waals surface area contributed by atoms with Gasteiger partial charge in [-0.3, -0.25) is 4.79 Å². The molecule has 1 atom stereocenters. The van der Waals surface area contributed by atoms with Crippen molar-refractivity contribution in [2.24, 2.45) is 0 Å². The number of benzene rings is 1. The average molecular weight is 297 g/mol. The molecule has 3 N–H and O–H groups in total. The third-order valence-electron chi connectivity index (χ3n) is 3.01. The van der Waals surface area contributed by atoms with E-state index >= 15 is 0 Å². The Hall–Kier alpha value is -1.79. The standard InChI is InChI=1S/C15H23NO5/c1-3-7-16-12(15(18)19)6-8-21-13-5-4-11(10-17)9-14(13)20-2/h4-5,9,12,16-17H,3,6-8,10H2,1-2H3,(H,18,19). The minimum Gasteiger partial charge on any atom is -0.493 e. The van der Waals surface area contributed by atoms with Crippen LogP contribution in [0.25, 0.3) is 0 Å². The van der Waals surface area contributed by atoms with Gasteiger partial charge in [-0.25, -0.2) is 0 Å². The van der Waals surface area contributed by atoms with E-state index in [1.54, 1.807) is 18.2 Å². The smallest absolute Gasteiger partial charge is 0.320 e. The van der Waals surface area contributed by atoms with Gasteiger partial charge < -0.3 is 25.0 Å². The molecule has 1 rings (SSSR count). The summed E-state index contributed by atoms with van der Waals surface area (Å²) >= 11 is 0. The number of hydrogen-bond acceptors (Lipinski definition) is 5. The Morgan fingerprint density at radius 1 is 1.38 bits per heavy atom. The molecule has 6 nitrogen and oxygen atoms in total. The van der Waals surface area contributed by atoms with Crippen LogP contribution in [0.4, 0.5) is 0 Å². The Labute approximate surface area is 124 Å². The summed E-state index contributed by atoms with van der Waals surface area (Å²) in [5, 5.41) is 21.1. The van der Waals surface area contributed by atoms with Crippen molar-refractivity contribution in [1.29, 1.82) is 0 Å². The highest BCUT2D eigenvalue weighted by Crippen LogP contribution is 2.28. The second-order valence-electron chi connectivity index (χ2n) is 4.63. The number of aliphatic hydroxyl groups is 1. The van der Waals surface area contributed by atoms with Crippen molar-refractivity contribution >= 4 is 5.97 Å². The van der Waals surface area contributed by atoms with Crippen molar-refractivity contribution in [2.45, 2.75) is 32.4 Å². The van der Waals surface area contributed by atoms with Crippen molar-refractivity contribution in [2.75, 3.05) is 20.3 Å². The second-order valence-corrected chi connectivity index (χ2v) is 4.63. The van der Waals surface area contributed by atoms with Crippen LogP contribution in [-0.2, 0) is 11.4 Å². The Kier molecular flexibility index (Phi) is 7.56. The number of carboxylic acid groups (broad SMARTS) is 1. The number of aliphatic hydroxyl groups excluding tert-OH is 1. The largest absolute Gasteiger partial charge is 0.493 e. The first kappa shape index (κ1) is 17.3. The van der Waals surface area contributed by atoms with Crippen LogP contribution < -0.4 is 14.8 Å². The third kappa shape index (κ3) is 5.61. The summed E-state index contributed by atoms with van der Waals surface area (Å²) in [6, 6.07) is 4.52. The molecule has 0 aromatic heterocycles. The quantitative estimate of drug-likeness (QED) is 0.605. The Bertz CT molecular complexity index is 450. The van der Waals surface area contributed by atoms with Crippen molar-refractivity contribution in [3.8, 4) is 11.5 Å². The molecule has 0 fully saturated rings. The predicted octanol–water partition coefficient (Wildman–Crippen LogP) is 1.41. The topological polar surface area (TPSA) is 88.0 Å². The summed E-state index contributed by atoms with van der Waals surface area (Å²) in [6.07, 6.45) is 1.24. The van der Waals surface area contributed by atoms with E-state index in [1.807, 2.05) is 6.92 Å². The zero-order valence-corrected chi connectivity index (χ0v) is 12.5. The molecule has 0 amide bonds. The van der Waals surface area contributed by atoms with Gasteiger partial charge in [-0.1, -0.05) is 13.0 Å². The zero-order chi connectivity index (χ0) is 15.7. The maximum Gasteiger partial charge on any atom is 0.320 e. The highest BCUT2D eigenvalue weighted by atomic mass is 16.5. The molecule has 6 heteroatoms. The van der Waals surface area contributed by atoms with E-state index in [2.05, 4.69) is 5.32 Å². The van der Waals surface area contributed by atoms with E-state index in [4.69, 9.17) is 19.7 Å². The lowest BCUT2D eigenvalue weighted by molar-refractivity contribution is -0.139. The van der Waals surface area contributed by atoms with Crippen LogP contribution in [0.1, 0.15) is 25.3 Å². The zero-order valence-electron chi connectivity index (χ0n) is 12.5. The third-order valence-corrected chi connectivity index (χ3v) is 3.01. The van der Waals surface area contributed by atoms with E-state index in [0.29, 0.717) is 24.5 Å².